The van der Waals surface area contributed by atoms with Gasteiger partial charge in [0.25, 0.3) is 0 Å². The Morgan fingerprint density at radius 1 is 1.38 bits per heavy atom. The van der Waals surface area contributed by atoms with Crippen molar-refractivity contribution >= 4 is 41.1 Å². The molecule has 0 N–H and O–H groups in total. The van der Waals surface area contributed by atoms with E-state index in [1.807, 2.05) is 0 Å². The van der Waals surface area contributed by atoms with E-state index in [-0.39, 0.29) is 5.12 Å². The van der Waals surface area contributed by atoms with Crippen LogP contribution >= 0.6 is 36.0 Å². The molecule has 4 heteroatoms. The number of hydrogen-bond acceptors (Lipinski definition) is 3. The van der Waals surface area contributed by atoms with Crippen molar-refractivity contribution < 1.29 is 4.79 Å². The Balaban J connectivity index is 2.61. The topological polar surface area (TPSA) is 17.1 Å². The molecular formula is C9H9ClOS2. The van der Waals surface area contributed by atoms with Crippen LogP contribution in [0.2, 0.25) is 5.02 Å². The highest BCUT2D eigenvalue weighted by molar-refractivity contribution is 8.14. The molecule has 0 saturated carbocycles. The standard InChI is InChI=1S/C9H9ClOS2/c10-8-3-1-7(2-4-8)9(11)13-6-5-12/h1-4,12H,5-6H2. The van der Waals surface area contributed by atoms with Gasteiger partial charge in [0.2, 0.25) is 5.12 Å². The molecule has 0 atom stereocenters. The summed E-state index contributed by atoms with van der Waals surface area (Å²) in [5.74, 6) is 1.45. The van der Waals surface area contributed by atoms with E-state index < -0.39 is 0 Å². The quantitative estimate of drug-likeness (QED) is 0.807. The van der Waals surface area contributed by atoms with Gasteiger partial charge in [0.05, 0.1) is 0 Å². The summed E-state index contributed by atoms with van der Waals surface area (Å²) in [4.78, 5) is 11.4. The van der Waals surface area contributed by atoms with E-state index in [0.29, 0.717) is 16.3 Å². The lowest BCUT2D eigenvalue weighted by Crippen LogP contribution is -1.94. The Hall–Kier alpha value is -0.120. The third-order valence-corrected chi connectivity index (χ3v) is 3.09. The van der Waals surface area contributed by atoms with Crippen molar-refractivity contribution in [2.75, 3.05) is 11.5 Å². The van der Waals surface area contributed by atoms with Crippen LogP contribution in [0.15, 0.2) is 24.3 Å². The van der Waals surface area contributed by atoms with E-state index in [2.05, 4.69) is 12.6 Å². The highest BCUT2D eigenvalue weighted by atomic mass is 35.5. The van der Waals surface area contributed by atoms with Crippen LogP contribution in [-0.2, 0) is 0 Å². The van der Waals surface area contributed by atoms with Gasteiger partial charge in [0, 0.05) is 16.3 Å². The molecule has 0 saturated heterocycles. The molecule has 13 heavy (non-hydrogen) atoms. The summed E-state index contributed by atoms with van der Waals surface area (Å²) in [6.07, 6.45) is 0. The molecule has 0 amide bonds. The number of thioether (sulfide) groups is 1. The zero-order valence-electron chi connectivity index (χ0n) is 6.87. The Morgan fingerprint density at radius 2 is 2.00 bits per heavy atom. The predicted molar refractivity (Wildman–Crippen MR) is 62.1 cm³/mol. The average Bonchev–Trinajstić information content (AvgIpc) is 2.15. The minimum absolute atomic E-state index is 0.0747. The van der Waals surface area contributed by atoms with Crippen LogP contribution in [0.25, 0.3) is 0 Å². The van der Waals surface area contributed by atoms with Gasteiger partial charge >= 0.3 is 0 Å². The van der Waals surface area contributed by atoms with Crippen LogP contribution in [0.4, 0.5) is 0 Å². The smallest absolute Gasteiger partial charge is 0.219 e. The first-order valence-corrected chi connectivity index (χ1v) is 5.77. The normalized spacial score (nSPS) is 10.0. The number of rotatable bonds is 3. The zero-order valence-corrected chi connectivity index (χ0v) is 9.33. The first-order chi connectivity index (χ1) is 6.24. The Labute approximate surface area is 92.3 Å². The molecule has 0 aromatic heterocycles. The Kier molecular flexibility index (Phi) is 4.70. The van der Waals surface area contributed by atoms with Gasteiger partial charge in [0.1, 0.15) is 0 Å². The number of carbonyl (C=O) groups is 1. The van der Waals surface area contributed by atoms with Gasteiger partial charge in [-0.3, -0.25) is 4.79 Å². The molecule has 0 aliphatic heterocycles. The van der Waals surface area contributed by atoms with Crippen LogP contribution in [0.3, 0.4) is 0 Å². The number of carbonyl (C=O) groups excluding carboxylic acids is 1. The molecule has 0 fully saturated rings. The molecule has 0 aliphatic carbocycles. The fourth-order valence-electron chi connectivity index (χ4n) is 0.808. The lowest BCUT2D eigenvalue weighted by Gasteiger charge is -1.98. The van der Waals surface area contributed by atoms with Gasteiger partial charge in [-0.25, -0.2) is 0 Å². The van der Waals surface area contributed by atoms with Crippen LogP contribution in [0.5, 0.6) is 0 Å². The highest BCUT2D eigenvalue weighted by Crippen LogP contribution is 2.15. The second-order valence-electron chi connectivity index (χ2n) is 2.37. The molecule has 1 nitrogen and oxygen atoms in total. The Bertz CT molecular complexity index is 284. The van der Waals surface area contributed by atoms with Crippen molar-refractivity contribution in [2.24, 2.45) is 0 Å². The third kappa shape index (κ3) is 3.63. The number of hydrogen-bond donors (Lipinski definition) is 1. The average molecular weight is 233 g/mol. The molecule has 0 radical (unpaired) electrons. The molecule has 1 rings (SSSR count). The minimum Gasteiger partial charge on any atom is -0.282 e. The van der Waals surface area contributed by atoms with Crippen molar-refractivity contribution in [3.63, 3.8) is 0 Å². The SMILES string of the molecule is O=C(SCCS)c1ccc(Cl)cc1. The molecule has 0 heterocycles. The van der Waals surface area contributed by atoms with E-state index in [0.717, 1.165) is 5.75 Å². The summed E-state index contributed by atoms with van der Waals surface area (Å²) >= 11 is 11.0. The van der Waals surface area contributed by atoms with E-state index in [1.54, 1.807) is 24.3 Å². The summed E-state index contributed by atoms with van der Waals surface area (Å²) in [6.45, 7) is 0. The van der Waals surface area contributed by atoms with Gasteiger partial charge < -0.3 is 0 Å². The maximum Gasteiger partial charge on any atom is 0.219 e. The van der Waals surface area contributed by atoms with Crippen molar-refractivity contribution in [3.05, 3.63) is 34.9 Å². The second-order valence-corrected chi connectivity index (χ2v) is 4.32. The number of halogens is 1. The predicted octanol–water partition coefficient (Wildman–Crippen LogP) is 3.14. The van der Waals surface area contributed by atoms with Crippen LogP contribution < -0.4 is 0 Å². The van der Waals surface area contributed by atoms with Crippen LogP contribution in [0, 0.1) is 0 Å². The third-order valence-electron chi connectivity index (χ3n) is 1.40. The van der Waals surface area contributed by atoms with Crippen molar-refractivity contribution in [1.29, 1.82) is 0 Å². The summed E-state index contributed by atoms with van der Waals surface area (Å²) in [5.41, 5.74) is 0.691. The van der Waals surface area contributed by atoms with Gasteiger partial charge in [0.15, 0.2) is 0 Å². The number of thiol groups is 1. The number of benzene rings is 1. The lowest BCUT2D eigenvalue weighted by molar-refractivity contribution is 0.108. The maximum absolute atomic E-state index is 11.4. The zero-order chi connectivity index (χ0) is 9.68. The molecular weight excluding hydrogens is 224 g/mol. The molecule has 1 aromatic rings. The maximum atomic E-state index is 11.4. The molecule has 0 bridgehead atoms. The second kappa shape index (κ2) is 5.58. The molecule has 0 aliphatic rings. The van der Waals surface area contributed by atoms with Crippen molar-refractivity contribution in [1.82, 2.24) is 0 Å². The minimum atomic E-state index is 0.0747. The largest absolute Gasteiger partial charge is 0.282 e. The van der Waals surface area contributed by atoms with E-state index >= 15 is 0 Å². The summed E-state index contributed by atoms with van der Waals surface area (Å²) in [5, 5.41) is 0.724. The summed E-state index contributed by atoms with van der Waals surface area (Å²) < 4.78 is 0. The summed E-state index contributed by atoms with van der Waals surface area (Å²) in [6, 6.07) is 6.90. The van der Waals surface area contributed by atoms with Gasteiger partial charge in [-0.1, -0.05) is 23.4 Å². The highest BCUT2D eigenvalue weighted by Gasteiger charge is 2.04. The van der Waals surface area contributed by atoms with Gasteiger partial charge in [-0.2, -0.15) is 12.6 Å². The van der Waals surface area contributed by atoms with Crippen molar-refractivity contribution in [3.8, 4) is 0 Å². The molecule has 0 spiro atoms. The van der Waals surface area contributed by atoms with Crippen LogP contribution in [-0.4, -0.2) is 16.6 Å². The summed E-state index contributed by atoms with van der Waals surface area (Å²) in [7, 11) is 0. The van der Waals surface area contributed by atoms with E-state index in [4.69, 9.17) is 11.6 Å². The van der Waals surface area contributed by atoms with Crippen LogP contribution in [0.1, 0.15) is 10.4 Å². The monoisotopic (exact) mass is 232 g/mol. The fraction of sp³-hybridized carbons (Fsp3) is 0.222. The van der Waals surface area contributed by atoms with Gasteiger partial charge in [-0.05, 0) is 30.0 Å². The fourth-order valence-corrected chi connectivity index (χ4v) is 1.79. The van der Waals surface area contributed by atoms with Crippen molar-refractivity contribution in [2.45, 2.75) is 0 Å². The van der Waals surface area contributed by atoms with Gasteiger partial charge in [-0.15, -0.1) is 0 Å². The molecule has 70 valence electrons. The van der Waals surface area contributed by atoms with E-state index in [1.165, 1.54) is 11.8 Å². The lowest BCUT2D eigenvalue weighted by atomic mass is 10.2. The Morgan fingerprint density at radius 3 is 2.54 bits per heavy atom. The molecule has 1 aromatic carbocycles. The first-order valence-electron chi connectivity index (χ1n) is 3.77. The molecule has 0 unspecified atom stereocenters. The van der Waals surface area contributed by atoms with E-state index in [9.17, 15) is 4.79 Å². The first kappa shape index (κ1) is 11.0.